The Kier molecular flexibility index (Phi) is 28.2. The number of para-hydroxylation sites is 3. The van der Waals surface area contributed by atoms with Gasteiger partial charge in [-0.2, -0.15) is 19.3 Å². The molecule has 5 aromatic rings. The maximum atomic E-state index is 14.5. The number of hydrogen-bond donors (Lipinski definition) is 5. The maximum Gasteiger partial charge on any atom is 0.320 e. The molecule has 8 rings (SSSR count). The molecule has 0 saturated heterocycles. The lowest BCUT2D eigenvalue weighted by molar-refractivity contribution is -0.138. The van der Waals surface area contributed by atoms with E-state index in [0.717, 1.165) is 54.3 Å². The van der Waals surface area contributed by atoms with Crippen molar-refractivity contribution in [2.75, 3.05) is 84.1 Å². The highest BCUT2D eigenvalue weighted by Gasteiger charge is 2.34. The Balaban J connectivity index is 0.000000240. The van der Waals surface area contributed by atoms with Gasteiger partial charge in [-0.3, -0.25) is 28.6 Å². The number of rotatable bonds is 16. The van der Waals surface area contributed by atoms with Crippen LogP contribution in [0.4, 0.5) is 39.0 Å². The number of benzene rings is 3. The number of aromatic nitrogens is 5. The zero-order valence-corrected chi connectivity index (χ0v) is 55.6. The molecule has 476 valence electrons. The van der Waals surface area contributed by atoms with Gasteiger partial charge < -0.3 is 54.9 Å². The molecule has 6 N–H and O–H groups in total. The number of fused-ring (bicyclic) bond motifs is 3. The van der Waals surface area contributed by atoms with Gasteiger partial charge in [0.15, 0.2) is 24.6 Å². The number of anilines is 5. The van der Waals surface area contributed by atoms with Gasteiger partial charge >= 0.3 is 5.97 Å². The van der Waals surface area contributed by atoms with Crippen molar-refractivity contribution in [3.05, 3.63) is 87.5 Å². The van der Waals surface area contributed by atoms with E-state index in [1.54, 1.807) is 16.9 Å². The number of nitrogens with one attached hydrogen (secondary N) is 2. The first-order valence-corrected chi connectivity index (χ1v) is 32.4. The van der Waals surface area contributed by atoms with Crippen LogP contribution in [0.2, 0.25) is 5.28 Å². The predicted molar refractivity (Wildman–Crippen MR) is 344 cm³/mol. The van der Waals surface area contributed by atoms with Crippen LogP contribution < -0.4 is 45.3 Å². The topological polar surface area (TPSA) is 282 Å². The molecular weight excluding hydrogens is 1250 g/mol. The number of carboxylic acid groups (broad SMARTS) is 1. The molecule has 0 spiro atoms. The number of aryl methyl sites for hydroxylation is 2. The number of aliphatic carboxylic acids is 1. The third-order valence-corrected chi connectivity index (χ3v) is 15.3. The van der Waals surface area contributed by atoms with Gasteiger partial charge in [-0.05, 0) is 108 Å². The fourth-order valence-electron chi connectivity index (χ4n) is 8.79. The third-order valence-electron chi connectivity index (χ3n) is 12.7. The van der Waals surface area contributed by atoms with Crippen molar-refractivity contribution in [3.8, 4) is 23.8 Å². The van der Waals surface area contributed by atoms with Gasteiger partial charge in [0.2, 0.25) is 27.9 Å². The Morgan fingerprint density at radius 1 is 1.08 bits per heavy atom. The zero-order valence-electron chi connectivity index (χ0n) is 50.9. The number of hydrogen-bond acceptors (Lipinski definition) is 17. The van der Waals surface area contributed by atoms with Gasteiger partial charge in [0.05, 0.1) is 42.3 Å². The summed E-state index contributed by atoms with van der Waals surface area (Å²) >= 11 is 24.0. The second-order valence-corrected chi connectivity index (χ2v) is 27.1. The molecule has 87 heavy (non-hydrogen) atoms. The molecular formula is C58H78Cl4FN12O10PS. The van der Waals surface area contributed by atoms with E-state index >= 15 is 0 Å². The van der Waals surface area contributed by atoms with Crippen molar-refractivity contribution < 1.29 is 52.3 Å². The highest BCUT2D eigenvalue weighted by Crippen LogP contribution is 2.39. The third kappa shape index (κ3) is 22.1. The number of nitrogens with zero attached hydrogens (tertiary/aromatic N) is 9. The molecule has 0 saturated carbocycles. The molecule has 3 aliphatic heterocycles. The van der Waals surface area contributed by atoms with Crippen molar-refractivity contribution in [2.24, 2.45) is 16.1 Å². The highest BCUT2D eigenvalue weighted by atomic mass is 35.5. The summed E-state index contributed by atoms with van der Waals surface area (Å²) in [4.78, 5) is 75.9. The number of carbonyl (C=O) groups excluding carboxylic acids is 3. The van der Waals surface area contributed by atoms with Gasteiger partial charge in [0.25, 0.3) is 11.8 Å². The molecule has 29 heteroatoms. The minimum Gasteiger partial charge on any atom is -0.489 e. The van der Waals surface area contributed by atoms with Crippen LogP contribution in [0.3, 0.4) is 0 Å². The molecule has 0 bridgehead atoms. The Morgan fingerprint density at radius 3 is 2.36 bits per heavy atom. The Bertz CT molecular complexity index is 3340. The van der Waals surface area contributed by atoms with Crippen LogP contribution in [-0.4, -0.2) is 145 Å². The quantitative estimate of drug-likeness (QED) is 0.0349. The average Bonchev–Trinajstić information content (AvgIpc) is 2.36. The van der Waals surface area contributed by atoms with Gasteiger partial charge in [0.1, 0.15) is 41.5 Å². The summed E-state index contributed by atoms with van der Waals surface area (Å²) in [5, 5.41) is 14.6. The number of ether oxygens (including phenoxy) is 3. The number of alkyl halides is 3. The smallest absolute Gasteiger partial charge is 0.320 e. The standard InChI is InChI=1S/C18H17FN4O2S.C15H22ClNO2.C11H11Cl2NO2.C9H16ClN5.C5H12NO4P/c1-4-5-22-13-7-12(11(19)6-14(13)25-9-16(22)24)20-17-23-10-18(2,3)8-15(23)21-26-17;1-5-13-8-6-7-11(2)15(13)17(14(18)9-16)12(3)10-19-4;1-7-6-16-9-5-3-2-4-8(9)14(7)11(15)10(12)13;1-5-11-7-12-6(10)13-8(14-7)15-9(2,3)4;1-11(9,10)3-2-4(6)5(7)8/h1,6-7H,5,8-10H2,2-3H3;6-8,12H,5,9-10H2,1-4H3;2-5,7,10H,6H2,1H3;5H2,1-4H3,(H2,11,12,13,14,15);4H,2-3,6H2,1H3,(H,7,8)(H,9,10)/b20-17-;;;;. The first kappa shape index (κ1) is 73.3. The lowest BCUT2D eigenvalue weighted by Gasteiger charge is -2.35. The van der Waals surface area contributed by atoms with E-state index in [1.165, 1.54) is 35.2 Å². The van der Waals surface area contributed by atoms with Crippen LogP contribution in [0, 0.1) is 30.5 Å². The van der Waals surface area contributed by atoms with Crippen molar-refractivity contribution in [3.63, 3.8) is 0 Å². The van der Waals surface area contributed by atoms with E-state index in [0.29, 0.717) is 47.1 Å². The van der Waals surface area contributed by atoms with Gasteiger partial charge in [-0.25, -0.2) is 9.38 Å². The number of carboxylic acids is 1. The number of amides is 3. The SMILES string of the molecule is C#CCN1C(=O)COc2cc(F)c(/N=c3\snc4n3CC(C)(C)C4)cc21.CC1COc2ccccc2N1C(=O)C(Cl)Cl.CCNc1nc(Cl)nc(NC(C)(C)C)n1.CCc1cccc(C)c1N(C(=O)CCl)C(C)COC.CP(=O)(O)CCC(N)C(=O)O. The lowest BCUT2D eigenvalue weighted by Crippen LogP contribution is -2.47. The molecule has 3 amide bonds. The van der Waals surface area contributed by atoms with E-state index in [4.69, 9.17) is 82.8 Å². The summed E-state index contributed by atoms with van der Waals surface area (Å²) in [6.45, 7) is 23.9. The number of nitrogens with two attached hydrogens (primary N) is 1. The molecule has 5 heterocycles. The van der Waals surface area contributed by atoms with Crippen LogP contribution in [-0.2, 0) is 47.9 Å². The molecule has 4 atom stereocenters. The second-order valence-electron chi connectivity index (χ2n) is 22.1. The van der Waals surface area contributed by atoms with E-state index in [-0.39, 0.29) is 83.3 Å². The van der Waals surface area contributed by atoms with Crippen LogP contribution >= 0.6 is 65.3 Å². The molecule has 4 unspecified atom stereocenters. The van der Waals surface area contributed by atoms with Gasteiger partial charge in [-0.15, -0.1) is 18.0 Å². The van der Waals surface area contributed by atoms with Crippen LogP contribution in [0.25, 0.3) is 0 Å². The monoisotopic (exact) mass is 1320 g/mol. The molecule has 2 aromatic heterocycles. The minimum absolute atomic E-state index is 0.0223. The van der Waals surface area contributed by atoms with Crippen LogP contribution in [0.5, 0.6) is 11.5 Å². The number of methoxy groups -OCH3 is 1. The molecule has 3 aliphatic rings. The van der Waals surface area contributed by atoms with E-state index in [9.17, 15) is 28.1 Å². The molecule has 0 radical (unpaired) electrons. The maximum absolute atomic E-state index is 14.5. The van der Waals surface area contributed by atoms with Crippen LogP contribution in [0.1, 0.15) is 85.7 Å². The Morgan fingerprint density at radius 2 is 1.76 bits per heavy atom. The summed E-state index contributed by atoms with van der Waals surface area (Å²) in [5.74, 6) is 3.02. The summed E-state index contributed by atoms with van der Waals surface area (Å²) < 4.78 is 47.7. The fraction of sp³-hybridized carbons (Fsp3) is 0.500. The first-order chi connectivity index (χ1) is 40.8. The normalized spacial score (nSPS) is 16.0. The summed E-state index contributed by atoms with van der Waals surface area (Å²) in [6, 6.07) is 15.0. The lowest BCUT2D eigenvalue weighted by atomic mass is 9.92. The Labute approximate surface area is 531 Å². The molecule has 0 fully saturated rings. The molecule has 0 aliphatic carbocycles. The van der Waals surface area contributed by atoms with Gasteiger partial charge in [0, 0.05) is 62.6 Å². The van der Waals surface area contributed by atoms with Crippen LogP contribution in [0.15, 0.2) is 59.6 Å². The largest absolute Gasteiger partial charge is 0.489 e. The molecule has 3 aromatic carbocycles. The second kappa shape index (κ2) is 33.5. The zero-order chi connectivity index (χ0) is 65.1. The highest BCUT2D eigenvalue weighted by molar-refractivity contribution is 7.57. The summed E-state index contributed by atoms with van der Waals surface area (Å²) in [5.41, 5.74) is 9.60. The number of terminal acetylenes is 1. The van der Waals surface area contributed by atoms with E-state index < -0.39 is 30.0 Å². The van der Waals surface area contributed by atoms with Gasteiger partial charge in [-0.1, -0.05) is 80.2 Å². The number of halogens is 5. The first-order valence-electron chi connectivity index (χ1n) is 27.6. The van der Waals surface area contributed by atoms with E-state index in [1.807, 2.05) is 89.4 Å². The van der Waals surface area contributed by atoms with Crippen molar-refractivity contribution >= 4 is 124 Å². The molecule has 22 nitrogen and oxygen atoms in total. The minimum atomic E-state index is -3.10. The van der Waals surface area contributed by atoms with Crippen molar-refractivity contribution in [1.29, 1.82) is 0 Å². The van der Waals surface area contributed by atoms with Crippen molar-refractivity contribution in [1.82, 2.24) is 23.9 Å². The number of carbonyl (C=O) groups is 4. The summed E-state index contributed by atoms with van der Waals surface area (Å²) in [6.07, 6.45) is 7.09. The summed E-state index contributed by atoms with van der Waals surface area (Å²) in [7, 11) is -1.47. The van der Waals surface area contributed by atoms with E-state index in [2.05, 4.69) is 67.7 Å². The Hall–Kier alpha value is -6.13. The van der Waals surface area contributed by atoms with Crippen molar-refractivity contribution in [2.45, 2.75) is 124 Å². The predicted octanol–water partition coefficient (Wildman–Crippen LogP) is 9.88. The fourth-order valence-corrected chi connectivity index (χ4v) is 10.8. The average molecular weight is 1330 g/mol.